The first-order valence-corrected chi connectivity index (χ1v) is 11.8. The van der Waals surface area contributed by atoms with Crippen LogP contribution in [0.15, 0.2) is 43.0 Å². The smallest absolute Gasteiger partial charge is 0.414 e. The van der Waals surface area contributed by atoms with Crippen molar-refractivity contribution < 1.29 is 28.6 Å². The van der Waals surface area contributed by atoms with Crippen molar-refractivity contribution in [1.82, 2.24) is 24.2 Å². The molecule has 37 heavy (non-hydrogen) atoms. The van der Waals surface area contributed by atoms with Crippen molar-refractivity contribution in [2.24, 2.45) is 0 Å². The average molecular weight is 512 g/mol. The van der Waals surface area contributed by atoms with Gasteiger partial charge in [-0.05, 0) is 18.2 Å². The summed E-state index contributed by atoms with van der Waals surface area (Å²) in [5.41, 5.74) is 1.49. The van der Waals surface area contributed by atoms with Crippen molar-refractivity contribution in [2.75, 3.05) is 62.7 Å². The monoisotopic (exact) mass is 511 g/mol. The first-order chi connectivity index (χ1) is 17.8. The van der Waals surface area contributed by atoms with E-state index in [1.54, 1.807) is 53.3 Å². The zero-order valence-electron chi connectivity index (χ0n) is 20.2. The van der Waals surface area contributed by atoms with E-state index in [9.17, 15) is 23.9 Å². The van der Waals surface area contributed by atoms with Gasteiger partial charge in [0.1, 0.15) is 17.6 Å². The number of benzene rings is 1. The van der Waals surface area contributed by atoms with E-state index in [2.05, 4.69) is 9.97 Å². The highest BCUT2D eigenvalue weighted by Gasteiger charge is 2.32. The zero-order chi connectivity index (χ0) is 26.1. The average Bonchev–Trinajstić information content (AvgIpc) is 3.51. The Kier molecular flexibility index (Phi) is 6.61. The molecular weight excluding hydrogens is 485 g/mol. The maximum absolute atomic E-state index is 14.9. The number of fused-ring (bicyclic) bond motifs is 1. The Morgan fingerprint density at radius 2 is 2.03 bits per heavy atom. The van der Waals surface area contributed by atoms with Gasteiger partial charge in [-0.1, -0.05) is 0 Å². The molecule has 13 heteroatoms. The van der Waals surface area contributed by atoms with Crippen LogP contribution in [0.4, 0.5) is 20.6 Å². The molecule has 194 valence electrons. The summed E-state index contributed by atoms with van der Waals surface area (Å²) in [6.07, 6.45) is 5.16. The number of hydrogen-bond acceptors (Lipinski definition) is 8. The van der Waals surface area contributed by atoms with E-state index >= 15 is 0 Å². The van der Waals surface area contributed by atoms with Crippen molar-refractivity contribution >= 4 is 34.9 Å². The maximum Gasteiger partial charge on any atom is 0.414 e. The molecule has 4 heterocycles. The normalized spacial score (nSPS) is 17.9. The Morgan fingerprint density at radius 3 is 2.70 bits per heavy atom. The number of cyclic esters (lactones) is 1. The summed E-state index contributed by atoms with van der Waals surface area (Å²) >= 11 is 0. The van der Waals surface area contributed by atoms with Crippen molar-refractivity contribution in [2.45, 2.75) is 6.10 Å². The van der Waals surface area contributed by atoms with Crippen LogP contribution in [0.25, 0.3) is 5.65 Å². The fraction of sp³-hybridized carbons (Fsp3) is 0.375. The number of aliphatic hydroxyl groups excluding tert-OH is 1. The van der Waals surface area contributed by atoms with Crippen LogP contribution < -0.4 is 9.80 Å². The van der Waals surface area contributed by atoms with Crippen molar-refractivity contribution in [3.8, 4) is 0 Å². The number of rotatable bonds is 6. The number of carbonyl (C=O) groups excluding carboxylic acids is 3. The Balaban J connectivity index is 1.16. The summed E-state index contributed by atoms with van der Waals surface area (Å²) in [5.74, 6) is -1.07. The molecule has 3 aromatic rings. The number of halogens is 1. The first kappa shape index (κ1) is 24.4. The number of likely N-dealkylation sites (N-methyl/N-ethyl adjacent to an activating group) is 1. The van der Waals surface area contributed by atoms with Gasteiger partial charge in [0, 0.05) is 51.8 Å². The van der Waals surface area contributed by atoms with E-state index in [0.29, 0.717) is 43.2 Å². The van der Waals surface area contributed by atoms with E-state index in [-0.39, 0.29) is 37.2 Å². The summed E-state index contributed by atoms with van der Waals surface area (Å²) in [4.78, 5) is 51.9. The van der Waals surface area contributed by atoms with Gasteiger partial charge >= 0.3 is 6.09 Å². The number of piperazine rings is 1. The molecule has 1 atom stereocenters. The third-order valence-corrected chi connectivity index (χ3v) is 6.50. The molecule has 0 unspecified atom stereocenters. The molecule has 5 rings (SSSR count). The molecule has 2 aliphatic rings. The number of anilines is 2. The maximum atomic E-state index is 14.9. The first-order valence-electron chi connectivity index (χ1n) is 11.8. The third kappa shape index (κ3) is 4.89. The highest BCUT2D eigenvalue weighted by molar-refractivity contribution is 5.95. The Morgan fingerprint density at radius 1 is 1.24 bits per heavy atom. The number of amides is 3. The van der Waals surface area contributed by atoms with Crippen LogP contribution >= 0.6 is 0 Å². The quantitative estimate of drug-likeness (QED) is 0.511. The number of carbonyl (C=O) groups is 3. The van der Waals surface area contributed by atoms with Crippen LogP contribution in [0, 0.1) is 5.82 Å². The lowest BCUT2D eigenvalue weighted by Crippen LogP contribution is -2.51. The second kappa shape index (κ2) is 10.0. The Labute approximate surface area is 211 Å². The lowest BCUT2D eigenvalue weighted by molar-refractivity contribution is -0.131. The molecule has 2 saturated heterocycles. The third-order valence-electron chi connectivity index (χ3n) is 6.50. The van der Waals surface area contributed by atoms with Crippen LogP contribution in [-0.2, 0) is 9.53 Å². The number of aromatic nitrogens is 3. The van der Waals surface area contributed by atoms with Crippen molar-refractivity contribution in [1.29, 1.82) is 0 Å². The van der Waals surface area contributed by atoms with Crippen LogP contribution in [0.2, 0.25) is 0 Å². The highest BCUT2D eigenvalue weighted by Crippen LogP contribution is 2.28. The number of aliphatic hydroxyl groups is 1. The Hall–Kier alpha value is -4.26. The van der Waals surface area contributed by atoms with Gasteiger partial charge in [0.2, 0.25) is 5.91 Å². The molecule has 2 aromatic heterocycles. The van der Waals surface area contributed by atoms with E-state index in [0.717, 1.165) is 0 Å². The van der Waals surface area contributed by atoms with Gasteiger partial charge in [-0.25, -0.2) is 14.2 Å². The van der Waals surface area contributed by atoms with Crippen LogP contribution in [0.5, 0.6) is 0 Å². The predicted octanol–water partition coefficient (Wildman–Crippen LogP) is 0.607. The summed E-state index contributed by atoms with van der Waals surface area (Å²) in [6, 6.07) is 4.50. The van der Waals surface area contributed by atoms with Gasteiger partial charge in [0.15, 0.2) is 5.65 Å². The minimum absolute atomic E-state index is 0.102. The largest absolute Gasteiger partial charge is 0.441 e. The fourth-order valence-electron chi connectivity index (χ4n) is 4.46. The summed E-state index contributed by atoms with van der Waals surface area (Å²) in [7, 11) is 1.55. The number of imidazole rings is 1. The van der Waals surface area contributed by atoms with Gasteiger partial charge in [-0.3, -0.25) is 19.5 Å². The minimum atomic E-state index is -0.632. The van der Waals surface area contributed by atoms with Crippen LogP contribution in [0.1, 0.15) is 10.5 Å². The van der Waals surface area contributed by atoms with E-state index in [1.165, 1.54) is 15.9 Å². The summed E-state index contributed by atoms with van der Waals surface area (Å²) in [6.45, 7) is 1.33. The molecule has 0 bridgehead atoms. The van der Waals surface area contributed by atoms with Crippen molar-refractivity contribution in [3.63, 3.8) is 0 Å². The van der Waals surface area contributed by atoms with Gasteiger partial charge in [-0.2, -0.15) is 0 Å². The number of ether oxygens (including phenoxy) is 1. The molecule has 0 radical (unpaired) electrons. The van der Waals surface area contributed by atoms with Crippen LogP contribution in [0.3, 0.4) is 0 Å². The zero-order valence-corrected chi connectivity index (χ0v) is 20.2. The second-order valence-electron chi connectivity index (χ2n) is 8.93. The van der Waals surface area contributed by atoms with E-state index < -0.39 is 18.0 Å². The molecule has 0 spiro atoms. The Bertz CT molecular complexity index is 1310. The minimum Gasteiger partial charge on any atom is -0.441 e. The molecule has 12 nitrogen and oxygen atoms in total. The molecule has 3 amide bonds. The molecule has 1 aromatic carbocycles. The molecule has 0 saturated carbocycles. The predicted molar refractivity (Wildman–Crippen MR) is 130 cm³/mol. The molecule has 2 fully saturated rings. The molecular formula is C24H26FN7O5. The van der Waals surface area contributed by atoms with Gasteiger partial charge < -0.3 is 28.9 Å². The van der Waals surface area contributed by atoms with Gasteiger partial charge in [0.05, 0.1) is 37.3 Å². The lowest BCUT2D eigenvalue weighted by Gasteiger charge is -2.37. The van der Waals surface area contributed by atoms with E-state index in [4.69, 9.17) is 4.74 Å². The van der Waals surface area contributed by atoms with E-state index in [1.807, 2.05) is 4.90 Å². The topological polar surface area (TPSA) is 124 Å². The second-order valence-corrected chi connectivity index (χ2v) is 8.93. The van der Waals surface area contributed by atoms with Crippen LogP contribution in [-0.4, -0.2) is 106 Å². The summed E-state index contributed by atoms with van der Waals surface area (Å²) < 4.78 is 21.6. The number of hydrogen-bond donors (Lipinski definition) is 1. The SMILES string of the molecule is CN(CC(=O)N1CCN(c2ccc(N3C[C@H](CO)OC3=O)cc2F)CC1)C(=O)c1cn2ccncc2n1. The highest BCUT2D eigenvalue weighted by atomic mass is 19.1. The standard InChI is InChI=1S/C24H26FN7O5/c1-28(23(35)19-13-31-5-4-26-11-21(31)27-19)14-22(34)30-8-6-29(7-9-30)20-3-2-16(10-18(20)25)32-12-17(15-33)37-24(32)36/h2-5,10-11,13,17,33H,6-9,12,14-15H2,1H3/t17-/m1/s1. The van der Waals surface area contributed by atoms with Gasteiger partial charge in [-0.15, -0.1) is 0 Å². The molecule has 0 aliphatic carbocycles. The van der Waals surface area contributed by atoms with Gasteiger partial charge in [0.25, 0.3) is 5.91 Å². The molecule has 1 N–H and O–H groups in total. The number of nitrogens with zero attached hydrogens (tertiary/aromatic N) is 7. The summed E-state index contributed by atoms with van der Waals surface area (Å²) in [5, 5.41) is 9.20. The molecule has 2 aliphatic heterocycles. The van der Waals surface area contributed by atoms with Crippen molar-refractivity contribution in [3.05, 3.63) is 54.5 Å². The fourth-order valence-corrected chi connectivity index (χ4v) is 4.46. The lowest BCUT2D eigenvalue weighted by atomic mass is 10.2.